The third-order valence-electron chi connectivity index (χ3n) is 17.9. The molecule has 9 unspecified atom stereocenters. The molecule has 456 valence electrons. The summed E-state index contributed by atoms with van der Waals surface area (Å²) in [4.78, 5) is 88.6. The number of carbonyl (C=O) groups excluding carboxylic acids is 6. The zero-order valence-corrected chi connectivity index (χ0v) is 50.0. The summed E-state index contributed by atoms with van der Waals surface area (Å²) in [5.41, 5.74) is 9.78. The van der Waals surface area contributed by atoms with E-state index >= 15 is 0 Å². The van der Waals surface area contributed by atoms with Crippen LogP contribution in [-0.4, -0.2) is 163 Å². The van der Waals surface area contributed by atoms with Crippen LogP contribution in [-0.2, 0) is 54.5 Å². The second-order valence-electron chi connectivity index (χ2n) is 23.6. The molecule has 4 fully saturated rings. The third-order valence-corrected chi connectivity index (χ3v) is 17.9. The lowest BCUT2D eigenvalue weighted by atomic mass is 9.97. The first kappa shape index (κ1) is 62.9. The average Bonchev–Trinajstić information content (AvgIpc) is 2.41. The number of benzene rings is 6. The summed E-state index contributed by atoms with van der Waals surface area (Å²) in [6.07, 6.45) is 5.91. The van der Waals surface area contributed by atoms with Gasteiger partial charge in [0.1, 0.15) is 23.7 Å². The SMILES string of the molecule is CCC1CN(C(Cc2ccc3ccccc3c2)C(=O)NC)CCN1C(=O)C(Cc1ccc(F)cc1)NC(=O)C1CCC(N)C1.CCC1CN(C(Cc2ccc3ccccc3c2)C(=O)NC)CCN1C(=O)C(Cc1ccc(F)cc1)NC(=O)C1CCN1. The van der Waals surface area contributed by atoms with Gasteiger partial charge in [-0.15, -0.1) is 0 Å². The molecule has 4 aliphatic rings. The van der Waals surface area contributed by atoms with Crippen LogP contribution in [0.1, 0.15) is 74.6 Å². The summed E-state index contributed by atoms with van der Waals surface area (Å²) in [5.74, 6) is -1.65. The normalized spacial score (nSPS) is 21.2. The summed E-state index contributed by atoms with van der Waals surface area (Å²) in [7, 11) is 3.32. The van der Waals surface area contributed by atoms with Crippen LogP contribution in [0.2, 0.25) is 0 Å². The van der Waals surface area contributed by atoms with Gasteiger partial charge >= 0.3 is 0 Å². The number of nitrogens with one attached hydrogen (secondary N) is 5. The number of amides is 6. The molecule has 3 saturated heterocycles. The fourth-order valence-electron chi connectivity index (χ4n) is 12.7. The topological polar surface area (TPSA) is 202 Å². The van der Waals surface area contributed by atoms with Crippen molar-refractivity contribution in [3.8, 4) is 0 Å². The molecule has 10 rings (SSSR count). The van der Waals surface area contributed by atoms with E-state index in [1.165, 1.54) is 24.3 Å². The van der Waals surface area contributed by atoms with Gasteiger partial charge in [-0.05, 0) is 126 Å². The number of hydrogen-bond acceptors (Lipinski definition) is 10. The van der Waals surface area contributed by atoms with E-state index in [1.54, 1.807) is 38.4 Å². The van der Waals surface area contributed by atoms with Gasteiger partial charge in [-0.2, -0.15) is 0 Å². The van der Waals surface area contributed by atoms with Crippen LogP contribution in [0.5, 0.6) is 0 Å². The van der Waals surface area contributed by atoms with Crippen molar-refractivity contribution in [1.82, 2.24) is 46.2 Å². The number of hydrogen-bond donors (Lipinski definition) is 6. The van der Waals surface area contributed by atoms with Gasteiger partial charge in [0, 0.05) is 90.2 Å². The quantitative estimate of drug-likeness (QED) is 0.0522. The van der Waals surface area contributed by atoms with Crippen LogP contribution in [0, 0.1) is 17.6 Å². The molecule has 9 atom stereocenters. The maximum atomic E-state index is 14.2. The van der Waals surface area contributed by atoms with Crippen molar-refractivity contribution in [2.24, 2.45) is 11.7 Å². The lowest BCUT2D eigenvalue weighted by Crippen LogP contribution is -2.64. The Morgan fingerprint density at radius 3 is 1.34 bits per heavy atom. The van der Waals surface area contributed by atoms with Crippen molar-refractivity contribution in [2.75, 3.05) is 59.9 Å². The van der Waals surface area contributed by atoms with Crippen molar-refractivity contribution >= 4 is 57.0 Å². The van der Waals surface area contributed by atoms with Crippen LogP contribution in [0.25, 0.3) is 21.5 Å². The Morgan fingerprint density at radius 2 is 0.953 bits per heavy atom. The van der Waals surface area contributed by atoms with Gasteiger partial charge in [-0.1, -0.05) is 123 Å². The van der Waals surface area contributed by atoms with E-state index in [9.17, 15) is 37.5 Å². The van der Waals surface area contributed by atoms with Gasteiger partial charge in [0.05, 0.1) is 18.1 Å². The van der Waals surface area contributed by atoms with Crippen molar-refractivity contribution < 1.29 is 37.5 Å². The minimum absolute atomic E-state index is 0.00239. The van der Waals surface area contributed by atoms with Crippen molar-refractivity contribution in [3.63, 3.8) is 0 Å². The second kappa shape index (κ2) is 29.6. The lowest BCUT2D eigenvalue weighted by Gasteiger charge is -2.45. The second-order valence-corrected chi connectivity index (χ2v) is 23.6. The summed E-state index contributed by atoms with van der Waals surface area (Å²) in [6.45, 7) is 7.90. The largest absolute Gasteiger partial charge is 0.358 e. The van der Waals surface area contributed by atoms with Crippen LogP contribution in [0.3, 0.4) is 0 Å². The predicted octanol–water partition coefficient (Wildman–Crippen LogP) is 6.06. The summed E-state index contributed by atoms with van der Waals surface area (Å²) >= 11 is 0. The molecule has 6 aromatic rings. The molecule has 0 aromatic heterocycles. The molecule has 7 N–H and O–H groups in total. The molecule has 3 aliphatic heterocycles. The van der Waals surface area contributed by atoms with E-state index < -0.39 is 12.1 Å². The average molecular weight is 1180 g/mol. The Kier molecular flexibility index (Phi) is 21.7. The molecule has 0 spiro atoms. The highest BCUT2D eigenvalue weighted by atomic mass is 19.1. The highest BCUT2D eigenvalue weighted by Crippen LogP contribution is 2.27. The maximum absolute atomic E-state index is 14.2. The standard InChI is InChI=1S/C35H44FN5O3.C33H40FN5O3/c1-3-30-22-40(32(34(43)38-2)20-24-8-11-25-6-4-5-7-26(25)18-24)16-17-41(30)35(44)31(19-23-9-13-28(36)14-10-23)39-33(42)27-12-15-29(37)21-27;1-3-27-21-38(30(32(41)35-2)20-23-8-11-24-6-4-5-7-25(24)18-23)16-17-39(27)33(42)29(37-31(40)28-14-15-36-28)19-22-9-12-26(34)13-10-22/h4-11,13-14,18,27,29-32H,3,12,15-17,19-22,37H2,1-2H3,(H,38,43)(H,39,42);4-13,18,27-30,36H,3,14-17,19-21H2,1-2H3,(H,35,41)(H,37,40). The summed E-state index contributed by atoms with van der Waals surface area (Å²) in [5, 5.41) is 19.4. The van der Waals surface area contributed by atoms with Gasteiger partial charge < -0.3 is 42.1 Å². The lowest BCUT2D eigenvalue weighted by molar-refractivity contribution is -0.143. The van der Waals surface area contributed by atoms with Crippen LogP contribution in [0.4, 0.5) is 8.78 Å². The van der Waals surface area contributed by atoms with Gasteiger partial charge in [0.15, 0.2) is 0 Å². The zero-order chi connectivity index (χ0) is 60.9. The molecule has 1 saturated carbocycles. The number of carbonyl (C=O) groups is 6. The Morgan fingerprint density at radius 1 is 0.535 bits per heavy atom. The van der Waals surface area contributed by atoms with Gasteiger partial charge in [0.2, 0.25) is 35.4 Å². The van der Waals surface area contributed by atoms with E-state index in [0.717, 1.165) is 63.2 Å². The van der Waals surface area contributed by atoms with Crippen LogP contribution in [0.15, 0.2) is 133 Å². The minimum Gasteiger partial charge on any atom is -0.358 e. The molecule has 1 aliphatic carbocycles. The van der Waals surface area contributed by atoms with Crippen molar-refractivity contribution in [1.29, 1.82) is 0 Å². The van der Waals surface area contributed by atoms with Crippen LogP contribution >= 0.6 is 0 Å². The molecule has 6 amide bonds. The molecule has 0 radical (unpaired) electrons. The maximum Gasteiger partial charge on any atom is 0.245 e. The molecule has 6 aromatic carbocycles. The number of nitrogens with two attached hydrogens (primary N) is 1. The van der Waals surface area contributed by atoms with Crippen molar-refractivity contribution in [2.45, 2.75) is 126 Å². The van der Waals surface area contributed by atoms with Gasteiger partial charge in [-0.25, -0.2) is 8.78 Å². The van der Waals surface area contributed by atoms with Crippen LogP contribution < -0.4 is 32.3 Å². The monoisotopic (exact) mass is 1170 g/mol. The highest BCUT2D eigenvalue weighted by Gasteiger charge is 2.41. The first-order valence-corrected chi connectivity index (χ1v) is 30.7. The number of nitrogens with zero attached hydrogens (tertiary/aromatic N) is 4. The van der Waals surface area contributed by atoms with E-state index in [0.29, 0.717) is 77.8 Å². The van der Waals surface area contributed by atoms with Crippen molar-refractivity contribution in [3.05, 3.63) is 167 Å². The molecule has 18 heteroatoms. The Labute approximate surface area is 504 Å². The Hall–Kier alpha value is -7.64. The molecular weight excluding hydrogens is 1090 g/mol. The van der Waals surface area contributed by atoms with E-state index in [1.807, 2.05) is 47.9 Å². The number of fused-ring (bicyclic) bond motifs is 2. The number of likely N-dealkylation sites (N-methyl/N-ethyl adjacent to an activating group) is 2. The molecule has 3 heterocycles. The summed E-state index contributed by atoms with van der Waals surface area (Å²) < 4.78 is 27.2. The first-order chi connectivity index (χ1) is 41.6. The fourth-order valence-corrected chi connectivity index (χ4v) is 12.7. The Bertz CT molecular complexity index is 3310. The number of halogens is 2. The number of rotatable bonds is 20. The van der Waals surface area contributed by atoms with E-state index in [2.05, 4.69) is 97.0 Å². The fraction of sp³-hybridized carbons (Fsp3) is 0.441. The highest BCUT2D eigenvalue weighted by molar-refractivity contribution is 5.92. The Balaban J connectivity index is 0.000000206. The molecule has 16 nitrogen and oxygen atoms in total. The predicted molar refractivity (Wildman–Crippen MR) is 332 cm³/mol. The smallest absolute Gasteiger partial charge is 0.245 e. The molecule has 86 heavy (non-hydrogen) atoms. The van der Waals surface area contributed by atoms with Gasteiger partial charge in [0.25, 0.3) is 0 Å². The minimum atomic E-state index is -0.780. The third kappa shape index (κ3) is 15.9. The zero-order valence-electron chi connectivity index (χ0n) is 50.0. The van der Waals surface area contributed by atoms with Gasteiger partial charge in [-0.3, -0.25) is 38.6 Å². The summed E-state index contributed by atoms with van der Waals surface area (Å²) in [6, 6.07) is 38.2. The van der Waals surface area contributed by atoms with E-state index in [-0.39, 0.29) is 102 Å². The molecule has 0 bridgehead atoms. The van der Waals surface area contributed by atoms with E-state index in [4.69, 9.17) is 5.73 Å². The first-order valence-electron chi connectivity index (χ1n) is 30.7. The molecular formula is C68H84F2N10O6. The number of piperazine rings is 2.